The predicted molar refractivity (Wildman–Crippen MR) is 100 cm³/mol. The molecule has 0 saturated heterocycles. The van der Waals surface area contributed by atoms with E-state index in [2.05, 4.69) is 0 Å². The first-order valence-corrected chi connectivity index (χ1v) is 11.7. The van der Waals surface area contributed by atoms with Crippen molar-refractivity contribution in [3.8, 4) is 0 Å². The molecule has 0 atom stereocenters. The van der Waals surface area contributed by atoms with Crippen LogP contribution in [-0.4, -0.2) is 31.8 Å². The van der Waals surface area contributed by atoms with Gasteiger partial charge >= 0.3 is 15.2 Å². The third kappa shape index (κ3) is 6.21. The Morgan fingerprint density at radius 2 is 1.32 bits per heavy atom. The van der Waals surface area contributed by atoms with Crippen molar-refractivity contribution in [2.45, 2.75) is 39.5 Å². The van der Waals surface area contributed by atoms with Crippen molar-refractivity contribution in [1.82, 2.24) is 0 Å². The summed E-state index contributed by atoms with van der Waals surface area (Å²) in [6, 6.07) is 7.07. The number of benzene rings is 1. The fourth-order valence-electron chi connectivity index (χ4n) is 2.47. The van der Waals surface area contributed by atoms with E-state index in [1.54, 1.807) is 45.9 Å². The van der Waals surface area contributed by atoms with E-state index < -0.39 is 20.6 Å². The average Bonchev–Trinajstić information content (AvgIpc) is 2.53. The van der Waals surface area contributed by atoms with Crippen molar-refractivity contribution < 1.29 is 27.2 Å². The lowest BCUT2D eigenvalue weighted by Gasteiger charge is -2.31. The third-order valence-corrected chi connectivity index (χ3v) is 9.33. The van der Waals surface area contributed by atoms with Gasteiger partial charge in [0.05, 0.1) is 26.4 Å². The smallest absolute Gasteiger partial charge is 0.346 e. The van der Waals surface area contributed by atoms with Gasteiger partial charge in [0.2, 0.25) is 0 Å². The van der Waals surface area contributed by atoms with Gasteiger partial charge in [0.15, 0.2) is 5.40 Å². The molecule has 144 valence electrons. The van der Waals surface area contributed by atoms with E-state index >= 15 is 0 Å². The van der Waals surface area contributed by atoms with Gasteiger partial charge in [-0.3, -0.25) is 9.13 Å². The maximum Gasteiger partial charge on any atom is 0.346 e. The second kappa shape index (κ2) is 10.5. The summed E-state index contributed by atoms with van der Waals surface area (Å²) in [5.74, 6) is 0. The molecule has 0 aliphatic rings. The second-order valence-corrected chi connectivity index (χ2v) is 10.0. The SMILES string of the molecule is CCOP(=O)(OCC)C(Cc1cccc(N)c1)P(=O)(OCC)OCC. The highest BCUT2D eigenvalue weighted by atomic mass is 31.2. The van der Waals surface area contributed by atoms with Gasteiger partial charge in [-0.15, -0.1) is 0 Å². The zero-order valence-electron chi connectivity index (χ0n) is 15.3. The minimum absolute atomic E-state index is 0.138. The summed E-state index contributed by atoms with van der Waals surface area (Å²) < 4.78 is 48.6. The molecule has 25 heavy (non-hydrogen) atoms. The summed E-state index contributed by atoms with van der Waals surface area (Å²) in [6.45, 7) is 7.44. The van der Waals surface area contributed by atoms with Crippen LogP contribution in [0, 0.1) is 0 Å². The van der Waals surface area contributed by atoms with Crippen LogP contribution in [0.1, 0.15) is 33.3 Å². The lowest BCUT2D eigenvalue weighted by molar-refractivity contribution is 0.195. The molecule has 0 saturated carbocycles. The van der Waals surface area contributed by atoms with Crippen LogP contribution in [0.5, 0.6) is 0 Å². The summed E-state index contributed by atoms with van der Waals surface area (Å²) in [4.78, 5) is 0. The summed E-state index contributed by atoms with van der Waals surface area (Å²) in [5, 5.41) is -1.07. The number of hydrogen-bond donors (Lipinski definition) is 1. The Bertz CT molecular complexity index is 574. The van der Waals surface area contributed by atoms with Crippen molar-refractivity contribution in [3.05, 3.63) is 29.8 Å². The minimum atomic E-state index is -3.74. The molecule has 0 spiro atoms. The summed E-state index contributed by atoms with van der Waals surface area (Å²) in [6.07, 6.45) is 0.138. The summed E-state index contributed by atoms with van der Waals surface area (Å²) in [5.41, 5.74) is 7.13. The van der Waals surface area contributed by atoms with Crippen LogP contribution in [0.3, 0.4) is 0 Å². The van der Waals surface area contributed by atoms with Gasteiger partial charge in [0.25, 0.3) is 0 Å². The molecule has 0 aliphatic heterocycles. The van der Waals surface area contributed by atoms with E-state index in [0.29, 0.717) is 5.69 Å². The zero-order valence-corrected chi connectivity index (χ0v) is 17.1. The number of anilines is 1. The van der Waals surface area contributed by atoms with E-state index in [1.807, 2.05) is 6.07 Å². The lowest BCUT2D eigenvalue weighted by Crippen LogP contribution is -2.20. The monoisotopic (exact) mass is 393 g/mol. The first kappa shape index (κ1) is 22.4. The van der Waals surface area contributed by atoms with Crippen LogP contribution in [0.4, 0.5) is 5.69 Å². The molecule has 0 amide bonds. The van der Waals surface area contributed by atoms with Gasteiger partial charge < -0.3 is 23.8 Å². The Balaban J connectivity index is 3.37. The Kier molecular flexibility index (Phi) is 9.36. The van der Waals surface area contributed by atoms with Gasteiger partial charge in [0.1, 0.15) is 0 Å². The van der Waals surface area contributed by atoms with Crippen LogP contribution >= 0.6 is 15.2 Å². The highest BCUT2D eigenvalue weighted by Crippen LogP contribution is 2.71. The Labute approximate surface area is 150 Å². The zero-order chi connectivity index (χ0) is 18.9. The van der Waals surface area contributed by atoms with E-state index in [4.69, 9.17) is 23.8 Å². The fraction of sp³-hybridized carbons (Fsp3) is 0.625. The Morgan fingerprint density at radius 1 is 0.880 bits per heavy atom. The number of nitrogens with two attached hydrogens (primary N) is 1. The molecule has 0 radical (unpaired) electrons. The molecule has 0 aliphatic carbocycles. The lowest BCUT2D eigenvalue weighted by atomic mass is 10.1. The maximum absolute atomic E-state index is 13.4. The van der Waals surface area contributed by atoms with Crippen molar-refractivity contribution in [3.63, 3.8) is 0 Å². The predicted octanol–water partition coefficient (Wildman–Crippen LogP) is 4.67. The molecular weight excluding hydrogens is 364 g/mol. The molecule has 9 heteroatoms. The van der Waals surface area contributed by atoms with E-state index in [0.717, 1.165) is 5.56 Å². The van der Waals surface area contributed by atoms with Crippen molar-refractivity contribution in [2.24, 2.45) is 0 Å². The highest BCUT2D eigenvalue weighted by Gasteiger charge is 2.50. The Hall–Kier alpha value is -0.680. The molecule has 0 bridgehead atoms. The first-order valence-electron chi connectivity index (χ1n) is 8.47. The largest absolute Gasteiger partial charge is 0.399 e. The molecule has 1 aromatic carbocycles. The molecule has 1 rings (SSSR count). The van der Waals surface area contributed by atoms with Crippen molar-refractivity contribution in [1.29, 1.82) is 0 Å². The van der Waals surface area contributed by atoms with E-state index in [1.165, 1.54) is 0 Å². The molecule has 7 nitrogen and oxygen atoms in total. The van der Waals surface area contributed by atoms with Gasteiger partial charge in [0, 0.05) is 5.69 Å². The second-order valence-electron chi connectivity index (χ2n) is 5.18. The molecule has 0 unspecified atom stereocenters. The standard InChI is InChI=1S/C16H29NO6P2/c1-5-20-24(18,21-6-2)16(25(19,22-7-3)23-8-4)13-14-10-9-11-15(17)12-14/h9-12,16H,5-8,13,17H2,1-4H3. The number of rotatable bonds is 12. The fourth-order valence-corrected chi connectivity index (χ4v) is 7.80. The van der Waals surface area contributed by atoms with E-state index in [9.17, 15) is 9.13 Å². The first-order chi connectivity index (χ1) is 11.8. The quantitative estimate of drug-likeness (QED) is 0.407. The summed E-state index contributed by atoms with van der Waals surface area (Å²) in [7, 11) is -7.49. The molecular formula is C16H29NO6P2. The van der Waals surface area contributed by atoms with E-state index in [-0.39, 0.29) is 32.8 Å². The van der Waals surface area contributed by atoms with Crippen molar-refractivity contribution >= 4 is 20.9 Å². The van der Waals surface area contributed by atoms with Crippen LogP contribution in [0.2, 0.25) is 0 Å². The molecule has 1 aromatic rings. The molecule has 0 heterocycles. The normalized spacial score (nSPS) is 12.7. The van der Waals surface area contributed by atoms with Gasteiger partial charge in [-0.2, -0.15) is 0 Å². The Morgan fingerprint density at radius 3 is 1.68 bits per heavy atom. The number of hydrogen-bond acceptors (Lipinski definition) is 7. The third-order valence-electron chi connectivity index (χ3n) is 3.34. The number of nitrogen functional groups attached to an aromatic ring is 1. The van der Waals surface area contributed by atoms with Crippen LogP contribution in [0.15, 0.2) is 24.3 Å². The van der Waals surface area contributed by atoms with Gasteiger partial charge in [-0.05, 0) is 51.8 Å². The van der Waals surface area contributed by atoms with Crippen molar-refractivity contribution in [2.75, 3.05) is 32.2 Å². The van der Waals surface area contributed by atoms with Crippen LogP contribution in [-0.2, 0) is 33.6 Å². The van der Waals surface area contributed by atoms with Crippen LogP contribution in [0.25, 0.3) is 0 Å². The van der Waals surface area contributed by atoms with Gasteiger partial charge in [-0.25, -0.2) is 0 Å². The highest BCUT2D eigenvalue weighted by molar-refractivity contribution is 7.72. The topological polar surface area (TPSA) is 97.1 Å². The van der Waals surface area contributed by atoms with Gasteiger partial charge in [-0.1, -0.05) is 12.1 Å². The minimum Gasteiger partial charge on any atom is -0.399 e. The molecule has 0 aromatic heterocycles. The van der Waals surface area contributed by atoms with Crippen LogP contribution < -0.4 is 5.73 Å². The average molecular weight is 393 g/mol. The summed E-state index contributed by atoms with van der Waals surface area (Å²) >= 11 is 0. The maximum atomic E-state index is 13.4. The molecule has 0 fully saturated rings. The molecule has 2 N–H and O–H groups in total.